The Morgan fingerprint density at radius 1 is 1.23 bits per heavy atom. The van der Waals surface area contributed by atoms with Gasteiger partial charge in [-0.1, -0.05) is 17.7 Å². The van der Waals surface area contributed by atoms with Gasteiger partial charge in [-0.15, -0.1) is 0 Å². The van der Waals surface area contributed by atoms with Crippen LogP contribution < -0.4 is 10.8 Å². The number of hydrogen-bond acceptors (Lipinski definition) is 5. The van der Waals surface area contributed by atoms with E-state index < -0.39 is 17.9 Å². The summed E-state index contributed by atoms with van der Waals surface area (Å²) >= 11 is 5.79. The van der Waals surface area contributed by atoms with E-state index in [0.717, 1.165) is 0 Å². The summed E-state index contributed by atoms with van der Waals surface area (Å²) in [6.07, 6.45) is 0. The fourth-order valence-corrected chi connectivity index (χ4v) is 2.00. The quantitative estimate of drug-likeness (QED) is 0.445. The summed E-state index contributed by atoms with van der Waals surface area (Å²) in [6.45, 7) is 0. The van der Waals surface area contributed by atoms with Crippen molar-refractivity contribution in [3.05, 3.63) is 63.2 Å². The van der Waals surface area contributed by atoms with Gasteiger partial charge in [-0.2, -0.15) is 0 Å². The van der Waals surface area contributed by atoms with Gasteiger partial charge in [0.2, 0.25) is 0 Å². The molecule has 0 saturated carbocycles. The number of carbonyl (C=O) groups excluding carboxylic acids is 1. The molecule has 2 aromatic rings. The lowest BCUT2D eigenvalue weighted by Crippen LogP contribution is -2.31. The Bertz CT molecular complexity index is 738. The molecule has 2 rings (SSSR count). The Kier molecular flexibility index (Phi) is 4.76. The summed E-state index contributed by atoms with van der Waals surface area (Å²) in [7, 11) is -1.81. The van der Waals surface area contributed by atoms with E-state index >= 15 is 0 Å². The minimum absolute atomic E-state index is 0.00615. The Morgan fingerprint density at radius 2 is 1.95 bits per heavy atom. The van der Waals surface area contributed by atoms with Gasteiger partial charge >= 0.3 is 7.12 Å². The van der Waals surface area contributed by atoms with Crippen LogP contribution in [0.4, 0.5) is 11.4 Å². The van der Waals surface area contributed by atoms with Crippen LogP contribution in [0.2, 0.25) is 5.02 Å². The number of nitrogens with zero attached hydrogens (tertiary/aromatic N) is 1. The fourth-order valence-electron chi connectivity index (χ4n) is 1.78. The molecular formula is C13H10BClN2O5. The van der Waals surface area contributed by atoms with Crippen molar-refractivity contribution in [3.63, 3.8) is 0 Å². The zero-order valence-electron chi connectivity index (χ0n) is 11.1. The lowest BCUT2D eigenvalue weighted by atomic mass is 9.79. The summed E-state index contributed by atoms with van der Waals surface area (Å²) in [5.41, 5.74) is 0.230. The smallest absolute Gasteiger partial charge is 0.423 e. The summed E-state index contributed by atoms with van der Waals surface area (Å²) < 4.78 is 0. The third-order valence-electron chi connectivity index (χ3n) is 2.85. The van der Waals surface area contributed by atoms with Gasteiger partial charge in [-0.05, 0) is 24.3 Å². The first kappa shape index (κ1) is 16.0. The van der Waals surface area contributed by atoms with Gasteiger partial charge in [-0.25, -0.2) is 0 Å². The molecule has 0 bridgehead atoms. The van der Waals surface area contributed by atoms with Crippen molar-refractivity contribution >= 4 is 41.5 Å². The standard InChI is InChI=1S/C13H10BClN2O5/c15-12-5-4-8(6-11(12)14(19)20)13(18)16-9-2-1-3-10(7-9)17(21)22/h1-7,19-20H,(H,16,18). The Hall–Kier alpha value is -2.42. The number of halogens is 1. The number of anilines is 1. The normalized spacial score (nSPS) is 10.1. The fraction of sp³-hybridized carbons (Fsp3) is 0. The molecule has 0 radical (unpaired) electrons. The average molecular weight is 320 g/mol. The number of carbonyl (C=O) groups is 1. The molecule has 112 valence electrons. The van der Waals surface area contributed by atoms with Crippen molar-refractivity contribution in [2.75, 3.05) is 5.32 Å². The number of non-ortho nitro benzene ring substituents is 1. The van der Waals surface area contributed by atoms with Crippen molar-refractivity contribution < 1.29 is 19.8 Å². The van der Waals surface area contributed by atoms with Crippen molar-refractivity contribution in [3.8, 4) is 0 Å². The largest absolute Gasteiger partial charge is 0.489 e. The Balaban J connectivity index is 2.24. The number of rotatable bonds is 4. The second-order valence-corrected chi connectivity index (χ2v) is 4.78. The van der Waals surface area contributed by atoms with E-state index in [1.807, 2.05) is 0 Å². The van der Waals surface area contributed by atoms with Crippen molar-refractivity contribution in [1.29, 1.82) is 0 Å². The first-order chi connectivity index (χ1) is 10.4. The molecule has 0 aliphatic carbocycles. The van der Waals surface area contributed by atoms with Crippen molar-refractivity contribution in [2.45, 2.75) is 0 Å². The SMILES string of the molecule is O=C(Nc1cccc([N+](=O)[O-])c1)c1ccc(Cl)c(B(O)O)c1. The van der Waals surface area contributed by atoms with E-state index in [1.165, 1.54) is 42.5 Å². The van der Waals surface area contributed by atoms with Gasteiger partial charge in [-0.3, -0.25) is 14.9 Å². The second-order valence-electron chi connectivity index (χ2n) is 4.37. The minimum Gasteiger partial charge on any atom is -0.423 e. The number of nitrogens with one attached hydrogen (secondary N) is 1. The zero-order valence-corrected chi connectivity index (χ0v) is 11.8. The molecule has 0 aliphatic rings. The molecule has 9 heteroatoms. The van der Waals surface area contributed by atoms with Gasteiger partial charge in [0.05, 0.1) is 4.92 Å². The monoisotopic (exact) mass is 320 g/mol. The Morgan fingerprint density at radius 3 is 2.59 bits per heavy atom. The molecule has 0 heterocycles. The number of amides is 1. The number of benzene rings is 2. The van der Waals surface area contributed by atoms with Gasteiger partial charge in [0.1, 0.15) is 0 Å². The maximum Gasteiger partial charge on any atom is 0.489 e. The molecule has 1 amide bonds. The van der Waals surface area contributed by atoms with Crippen LogP contribution in [0.3, 0.4) is 0 Å². The maximum absolute atomic E-state index is 12.1. The lowest BCUT2D eigenvalue weighted by Gasteiger charge is -2.08. The molecule has 0 spiro atoms. The zero-order chi connectivity index (χ0) is 16.3. The predicted molar refractivity (Wildman–Crippen MR) is 82.3 cm³/mol. The molecule has 0 fully saturated rings. The molecular weight excluding hydrogens is 310 g/mol. The summed E-state index contributed by atoms with van der Waals surface area (Å²) in [6, 6.07) is 9.47. The highest BCUT2D eigenvalue weighted by molar-refractivity contribution is 6.62. The van der Waals surface area contributed by atoms with Gasteiger partial charge in [0.25, 0.3) is 11.6 Å². The van der Waals surface area contributed by atoms with Crippen LogP contribution in [0.25, 0.3) is 0 Å². The van der Waals surface area contributed by atoms with Crippen LogP contribution in [0.15, 0.2) is 42.5 Å². The van der Waals surface area contributed by atoms with Crippen LogP contribution in [0.1, 0.15) is 10.4 Å². The summed E-state index contributed by atoms with van der Waals surface area (Å²) in [5, 5.41) is 31.6. The van der Waals surface area contributed by atoms with E-state index in [1.54, 1.807) is 0 Å². The van der Waals surface area contributed by atoms with Crippen molar-refractivity contribution in [2.24, 2.45) is 0 Å². The summed E-state index contributed by atoms with van der Waals surface area (Å²) in [5.74, 6) is -0.556. The van der Waals surface area contributed by atoms with Gasteiger partial charge < -0.3 is 15.4 Å². The first-order valence-electron chi connectivity index (χ1n) is 6.10. The van der Waals surface area contributed by atoms with Crippen LogP contribution in [-0.2, 0) is 0 Å². The molecule has 0 saturated heterocycles. The van der Waals surface area contributed by atoms with E-state index in [-0.39, 0.29) is 27.4 Å². The Labute approximate surface area is 130 Å². The third kappa shape index (κ3) is 3.61. The minimum atomic E-state index is -1.81. The van der Waals surface area contributed by atoms with Crippen LogP contribution in [0.5, 0.6) is 0 Å². The van der Waals surface area contributed by atoms with E-state index in [4.69, 9.17) is 21.6 Å². The molecule has 7 nitrogen and oxygen atoms in total. The molecule has 22 heavy (non-hydrogen) atoms. The molecule has 0 aliphatic heterocycles. The molecule has 0 aromatic heterocycles. The molecule has 2 aromatic carbocycles. The number of nitro benzene ring substituents is 1. The molecule has 0 atom stereocenters. The van der Waals surface area contributed by atoms with Crippen LogP contribution in [-0.4, -0.2) is 28.0 Å². The number of hydrogen-bond donors (Lipinski definition) is 3. The van der Waals surface area contributed by atoms with Gasteiger partial charge in [0, 0.05) is 33.9 Å². The highest BCUT2D eigenvalue weighted by Crippen LogP contribution is 2.18. The highest BCUT2D eigenvalue weighted by Gasteiger charge is 2.18. The topological polar surface area (TPSA) is 113 Å². The van der Waals surface area contributed by atoms with E-state index in [0.29, 0.717) is 0 Å². The number of nitro groups is 1. The second kappa shape index (κ2) is 6.57. The molecule has 0 unspecified atom stereocenters. The van der Waals surface area contributed by atoms with E-state index in [2.05, 4.69) is 5.32 Å². The van der Waals surface area contributed by atoms with Crippen molar-refractivity contribution in [1.82, 2.24) is 0 Å². The highest BCUT2D eigenvalue weighted by atomic mass is 35.5. The first-order valence-corrected chi connectivity index (χ1v) is 6.47. The lowest BCUT2D eigenvalue weighted by molar-refractivity contribution is -0.384. The van der Waals surface area contributed by atoms with Crippen LogP contribution in [0, 0.1) is 10.1 Å². The predicted octanol–water partition coefficient (Wildman–Crippen LogP) is 1.18. The third-order valence-corrected chi connectivity index (χ3v) is 3.20. The maximum atomic E-state index is 12.1. The molecule has 3 N–H and O–H groups in total. The van der Waals surface area contributed by atoms with E-state index in [9.17, 15) is 14.9 Å². The van der Waals surface area contributed by atoms with Gasteiger partial charge in [0.15, 0.2) is 0 Å². The average Bonchev–Trinajstić information content (AvgIpc) is 2.47. The summed E-state index contributed by atoms with van der Waals surface area (Å²) in [4.78, 5) is 22.2. The van der Waals surface area contributed by atoms with Crippen LogP contribution >= 0.6 is 11.6 Å².